The lowest BCUT2D eigenvalue weighted by Gasteiger charge is -2.27. The summed E-state index contributed by atoms with van der Waals surface area (Å²) in [7, 11) is 0. The molecule has 3 aromatic rings. The summed E-state index contributed by atoms with van der Waals surface area (Å²) >= 11 is 6.21. The molecular formula is C28H25ClN2O4. The zero-order chi connectivity index (χ0) is 25.3. The Labute approximate surface area is 209 Å². The van der Waals surface area contributed by atoms with Crippen molar-refractivity contribution in [1.82, 2.24) is 5.32 Å². The number of carbonyl (C=O) groups is 3. The summed E-state index contributed by atoms with van der Waals surface area (Å²) in [5, 5.41) is 2.67. The predicted molar refractivity (Wildman–Crippen MR) is 137 cm³/mol. The molecule has 7 heteroatoms. The number of rotatable bonds is 5. The lowest BCUT2D eigenvalue weighted by Crippen LogP contribution is -2.54. The van der Waals surface area contributed by atoms with Crippen molar-refractivity contribution in [3.8, 4) is 5.75 Å². The lowest BCUT2D eigenvalue weighted by atomic mass is 10.0. The highest BCUT2D eigenvalue weighted by Gasteiger charge is 2.37. The van der Waals surface area contributed by atoms with Crippen LogP contribution in [0.3, 0.4) is 0 Å². The Balaban J connectivity index is 1.68. The van der Waals surface area contributed by atoms with Gasteiger partial charge in [0.25, 0.3) is 11.8 Å². The lowest BCUT2D eigenvalue weighted by molar-refractivity contribution is -0.122. The minimum Gasteiger partial charge on any atom is -0.488 e. The van der Waals surface area contributed by atoms with E-state index in [0.717, 1.165) is 32.7 Å². The Hall–Kier alpha value is -3.90. The van der Waals surface area contributed by atoms with E-state index in [-0.39, 0.29) is 5.57 Å². The summed E-state index contributed by atoms with van der Waals surface area (Å²) < 4.78 is 6.03. The topological polar surface area (TPSA) is 75.7 Å². The van der Waals surface area contributed by atoms with Crippen LogP contribution >= 0.6 is 11.6 Å². The molecule has 6 nitrogen and oxygen atoms in total. The second kappa shape index (κ2) is 9.76. The number of imide groups is 2. The Bertz CT molecular complexity index is 1370. The molecule has 0 spiro atoms. The van der Waals surface area contributed by atoms with E-state index >= 15 is 0 Å². The summed E-state index contributed by atoms with van der Waals surface area (Å²) in [4.78, 5) is 39.5. The molecule has 1 aliphatic heterocycles. The molecule has 0 unspecified atom stereocenters. The molecule has 0 saturated carbocycles. The summed E-state index contributed by atoms with van der Waals surface area (Å²) in [5.41, 5.74) is 5.83. The van der Waals surface area contributed by atoms with Gasteiger partial charge in [0.15, 0.2) is 0 Å². The maximum Gasteiger partial charge on any atom is 0.335 e. The third kappa shape index (κ3) is 5.28. The molecule has 1 aliphatic rings. The number of barbiturate groups is 1. The summed E-state index contributed by atoms with van der Waals surface area (Å²) in [5.74, 6) is -1.04. The molecule has 4 rings (SSSR count). The van der Waals surface area contributed by atoms with Gasteiger partial charge in [-0.15, -0.1) is 0 Å². The van der Waals surface area contributed by atoms with Crippen LogP contribution in [-0.4, -0.2) is 17.8 Å². The summed E-state index contributed by atoms with van der Waals surface area (Å²) in [6.07, 6.45) is 1.40. The van der Waals surface area contributed by atoms with Crippen LogP contribution in [0.15, 0.2) is 60.2 Å². The first kappa shape index (κ1) is 24.2. The Morgan fingerprint density at radius 1 is 0.886 bits per heavy atom. The minimum atomic E-state index is -0.794. The molecule has 0 aromatic heterocycles. The molecule has 0 radical (unpaired) electrons. The van der Waals surface area contributed by atoms with E-state index < -0.39 is 17.8 Å². The second-order valence-corrected chi connectivity index (χ2v) is 9.13. The van der Waals surface area contributed by atoms with Crippen LogP contribution in [0.2, 0.25) is 5.02 Å². The van der Waals surface area contributed by atoms with Crippen molar-refractivity contribution in [2.75, 3.05) is 4.90 Å². The highest BCUT2D eigenvalue weighted by molar-refractivity contribution is 6.39. The van der Waals surface area contributed by atoms with Gasteiger partial charge in [0.05, 0.1) is 5.69 Å². The molecule has 1 N–H and O–H groups in total. The van der Waals surface area contributed by atoms with Crippen LogP contribution in [0.4, 0.5) is 10.5 Å². The quantitative estimate of drug-likeness (QED) is 0.362. The largest absolute Gasteiger partial charge is 0.488 e. The average Bonchev–Trinajstić information content (AvgIpc) is 2.77. The van der Waals surface area contributed by atoms with Crippen molar-refractivity contribution in [1.29, 1.82) is 0 Å². The number of benzene rings is 3. The number of hydrogen-bond donors (Lipinski definition) is 1. The third-order valence-electron chi connectivity index (χ3n) is 5.80. The second-order valence-electron chi connectivity index (χ2n) is 8.69. The normalized spacial score (nSPS) is 14.9. The van der Waals surface area contributed by atoms with Crippen LogP contribution < -0.4 is 15.0 Å². The summed E-state index contributed by atoms with van der Waals surface area (Å²) in [6.45, 7) is 8.16. The van der Waals surface area contributed by atoms with Crippen molar-refractivity contribution < 1.29 is 19.1 Å². The van der Waals surface area contributed by atoms with E-state index in [1.54, 1.807) is 30.3 Å². The van der Waals surface area contributed by atoms with Crippen LogP contribution in [0.5, 0.6) is 5.75 Å². The monoisotopic (exact) mass is 488 g/mol. The minimum absolute atomic E-state index is 0.193. The number of ether oxygens (including phenoxy) is 1. The first-order valence-electron chi connectivity index (χ1n) is 11.1. The van der Waals surface area contributed by atoms with Gasteiger partial charge in [-0.3, -0.25) is 14.9 Å². The molecule has 1 heterocycles. The fourth-order valence-corrected chi connectivity index (χ4v) is 4.17. The molecule has 0 atom stereocenters. The van der Waals surface area contributed by atoms with E-state index in [9.17, 15) is 14.4 Å². The van der Waals surface area contributed by atoms with Crippen LogP contribution in [0.1, 0.15) is 33.4 Å². The van der Waals surface area contributed by atoms with Gasteiger partial charge in [-0.25, -0.2) is 9.69 Å². The van der Waals surface area contributed by atoms with E-state index in [0.29, 0.717) is 28.6 Å². The van der Waals surface area contributed by atoms with E-state index in [4.69, 9.17) is 16.3 Å². The molecule has 1 saturated heterocycles. The van der Waals surface area contributed by atoms with Gasteiger partial charge >= 0.3 is 6.03 Å². The number of hydrogen-bond acceptors (Lipinski definition) is 4. The molecule has 0 bridgehead atoms. The average molecular weight is 489 g/mol. The zero-order valence-corrected chi connectivity index (χ0v) is 20.7. The van der Waals surface area contributed by atoms with E-state index in [1.165, 1.54) is 6.08 Å². The molecule has 1 fully saturated rings. The first-order chi connectivity index (χ1) is 16.6. The molecule has 0 aliphatic carbocycles. The number of urea groups is 1. The SMILES string of the molecule is Cc1cc(C)cc(COc2ccc(Cl)cc2/C=C2\C(=O)NC(=O)N(c3ccc(C)c(C)c3)C2=O)c1. The highest BCUT2D eigenvalue weighted by atomic mass is 35.5. The smallest absolute Gasteiger partial charge is 0.335 e. The molecule has 178 valence electrons. The Morgan fingerprint density at radius 2 is 1.60 bits per heavy atom. The van der Waals surface area contributed by atoms with Gasteiger partial charge in [-0.05, 0) is 80.8 Å². The molecular weight excluding hydrogens is 464 g/mol. The predicted octanol–water partition coefficient (Wildman–Crippen LogP) is 5.82. The number of halogens is 1. The number of amides is 4. The number of nitrogens with one attached hydrogen (secondary N) is 1. The van der Waals surface area contributed by atoms with Crippen molar-refractivity contribution in [3.05, 3.63) is 98.6 Å². The number of anilines is 1. The van der Waals surface area contributed by atoms with Gasteiger partial charge in [-0.1, -0.05) is 47.0 Å². The van der Waals surface area contributed by atoms with E-state index in [2.05, 4.69) is 11.4 Å². The summed E-state index contributed by atoms with van der Waals surface area (Å²) in [6, 6.07) is 15.6. The number of carbonyl (C=O) groups excluding carboxylic acids is 3. The molecule has 3 aromatic carbocycles. The fraction of sp³-hybridized carbons (Fsp3) is 0.179. The number of nitrogens with zero attached hydrogens (tertiary/aromatic N) is 1. The molecule has 35 heavy (non-hydrogen) atoms. The van der Waals surface area contributed by atoms with E-state index in [1.807, 2.05) is 45.9 Å². The van der Waals surface area contributed by atoms with Crippen molar-refractivity contribution in [2.45, 2.75) is 34.3 Å². The Morgan fingerprint density at radius 3 is 2.29 bits per heavy atom. The van der Waals surface area contributed by atoms with Gasteiger partial charge < -0.3 is 4.74 Å². The standard InChI is InChI=1S/C28H25ClN2O4/c1-16-9-17(2)11-20(10-16)15-35-25-8-6-22(29)13-21(25)14-24-26(32)30-28(34)31(27(24)33)23-7-5-18(3)19(4)12-23/h5-14H,15H2,1-4H3,(H,30,32,34)/b24-14+. The van der Waals surface area contributed by atoms with Crippen LogP contribution in [0, 0.1) is 27.7 Å². The first-order valence-corrected chi connectivity index (χ1v) is 11.5. The third-order valence-corrected chi connectivity index (χ3v) is 6.03. The zero-order valence-electron chi connectivity index (χ0n) is 19.9. The van der Waals surface area contributed by atoms with Crippen LogP contribution in [0.25, 0.3) is 6.08 Å². The maximum absolute atomic E-state index is 13.3. The Kier molecular flexibility index (Phi) is 6.76. The van der Waals surface area contributed by atoms with Crippen molar-refractivity contribution in [3.63, 3.8) is 0 Å². The van der Waals surface area contributed by atoms with Gasteiger partial charge in [0.1, 0.15) is 17.9 Å². The molecule has 4 amide bonds. The number of aryl methyl sites for hydroxylation is 4. The maximum atomic E-state index is 13.3. The fourth-order valence-electron chi connectivity index (χ4n) is 3.99. The van der Waals surface area contributed by atoms with Gasteiger partial charge in [0.2, 0.25) is 0 Å². The highest BCUT2D eigenvalue weighted by Crippen LogP contribution is 2.29. The van der Waals surface area contributed by atoms with Crippen molar-refractivity contribution >= 4 is 41.2 Å². The van der Waals surface area contributed by atoms with Crippen LogP contribution in [-0.2, 0) is 16.2 Å². The van der Waals surface area contributed by atoms with Gasteiger partial charge in [-0.2, -0.15) is 0 Å². The van der Waals surface area contributed by atoms with Crippen molar-refractivity contribution in [2.24, 2.45) is 0 Å². The van der Waals surface area contributed by atoms with Gasteiger partial charge in [0, 0.05) is 10.6 Å².